The highest BCUT2D eigenvalue weighted by Gasteiger charge is 2.09. The van der Waals surface area contributed by atoms with E-state index in [-0.39, 0.29) is 0 Å². The second-order valence-corrected chi connectivity index (χ2v) is 6.15. The van der Waals surface area contributed by atoms with Crippen molar-refractivity contribution in [3.63, 3.8) is 0 Å². The Morgan fingerprint density at radius 3 is 2.62 bits per heavy atom. The van der Waals surface area contributed by atoms with Crippen molar-refractivity contribution in [1.29, 1.82) is 0 Å². The fourth-order valence-corrected chi connectivity index (χ4v) is 2.46. The van der Waals surface area contributed by atoms with E-state index in [1.165, 1.54) is 0 Å². The van der Waals surface area contributed by atoms with Crippen LogP contribution in [0.5, 0.6) is 0 Å². The van der Waals surface area contributed by atoms with Crippen molar-refractivity contribution >= 4 is 11.8 Å². The lowest BCUT2D eigenvalue weighted by Gasteiger charge is -2.14. The first-order valence-corrected chi connectivity index (χ1v) is 8.94. The van der Waals surface area contributed by atoms with Crippen molar-refractivity contribution < 1.29 is 0 Å². The Hall–Kier alpha value is -3.02. The van der Waals surface area contributed by atoms with Crippen LogP contribution in [-0.2, 0) is 6.42 Å². The largest absolute Gasteiger partial charge is 0.369 e. The van der Waals surface area contributed by atoms with Crippen LogP contribution in [0, 0.1) is 0 Å². The normalized spacial score (nSPS) is 11.8. The predicted octanol–water partition coefficient (Wildman–Crippen LogP) is 3.80. The van der Waals surface area contributed by atoms with Gasteiger partial charge in [-0.05, 0) is 37.6 Å². The smallest absolute Gasteiger partial charge is 0.225 e. The van der Waals surface area contributed by atoms with Gasteiger partial charge in [-0.15, -0.1) is 0 Å². The third-order valence-electron chi connectivity index (χ3n) is 4.10. The molecule has 0 spiro atoms. The monoisotopic (exact) mass is 348 g/mol. The molecule has 3 heterocycles. The zero-order valence-electron chi connectivity index (χ0n) is 15.2. The van der Waals surface area contributed by atoms with Gasteiger partial charge in [-0.1, -0.05) is 13.0 Å². The van der Waals surface area contributed by atoms with E-state index in [1.54, 1.807) is 12.4 Å². The Kier molecular flexibility index (Phi) is 6.09. The summed E-state index contributed by atoms with van der Waals surface area (Å²) in [5.74, 6) is 1.43. The van der Waals surface area contributed by atoms with Gasteiger partial charge in [-0.2, -0.15) is 4.98 Å². The molecule has 0 amide bonds. The predicted molar refractivity (Wildman–Crippen MR) is 105 cm³/mol. The van der Waals surface area contributed by atoms with E-state index in [4.69, 9.17) is 0 Å². The maximum atomic E-state index is 4.66. The molecule has 3 aromatic heterocycles. The summed E-state index contributed by atoms with van der Waals surface area (Å²) in [6.07, 6.45) is 7.20. The van der Waals surface area contributed by atoms with Crippen molar-refractivity contribution in [3.8, 4) is 11.3 Å². The van der Waals surface area contributed by atoms with Crippen LogP contribution in [0.15, 0.2) is 55.0 Å². The van der Waals surface area contributed by atoms with Crippen LogP contribution in [0.2, 0.25) is 0 Å². The topological polar surface area (TPSA) is 75.6 Å². The average Bonchev–Trinajstić information content (AvgIpc) is 2.69. The molecule has 26 heavy (non-hydrogen) atoms. The van der Waals surface area contributed by atoms with Gasteiger partial charge in [0, 0.05) is 54.9 Å². The highest BCUT2D eigenvalue weighted by Crippen LogP contribution is 2.21. The third kappa shape index (κ3) is 4.99. The van der Waals surface area contributed by atoms with Crippen LogP contribution >= 0.6 is 0 Å². The molecular weight excluding hydrogens is 324 g/mol. The second kappa shape index (κ2) is 8.89. The molecule has 0 saturated heterocycles. The van der Waals surface area contributed by atoms with E-state index in [0.29, 0.717) is 12.0 Å². The SMILES string of the molecule is CC[C@@H](C)Nc1nc(NCCc2ccccn2)cc(-c2ccncc2)n1. The first-order chi connectivity index (χ1) is 12.7. The maximum Gasteiger partial charge on any atom is 0.225 e. The maximum absolute atomic E-state index is 4.66. The number of rotatable bonds is 8. The summed E-state index contributed by atoms with van der Waals surface area (Å²) < 4.78 is 0. The minimum Gasteiger partial charge on any atom is -0.369 e. The van der Waals surface area contributed by atoms with Crippen molar-refractivity contribution in [2.75, 3.05) is 17.2 Å². The molecule has 6 nitrogen and oxygen atoms in total. The van der Waals surface area contributed by atoms with Gasteiger partial charge in [-0.3, -0.25) is 9.97 Å². The Balaban J connectivity index is 1.77. The van der Waals surface area contributed by atoms with Crippen LogP contribution in [0.25, 0.3) is 11.3 Å². The molecule has 134 valence electrons. The van der Waals surface area contributed by atoms with Gasteiger partial charge in [0.2, 0.25) is 5.95 Å². The molecule has 2 N–H and O–H groups in total. The van der Waals surface area contributed by atoms with Crippen LogP contribution in [0.1, 0.15) is 26.0 Å². The fraction of sp³-hybridized carbons (Fsp3) is 0.300. The van der Waals surface area contributed by atoms with Crippen LogP contribution in [0.4, 0.5) is 11.8 Å². The molecule has 0 aliphatic heterocycles. The molecule has 0 unspecified atom stereocenters. The Morgan fingerprint density at radius 2 is 1.88 bits per heavy atom. The molecule has 0 fully saturated rings. The molecule has 0 aliphatic carbocycles. The van der Waals surface area contributed by atoms with E-state index in [0.717, 1.165) is 42.2 Å². The average molecular weight is 348 g/mol. The molecule has 0 aromatic carbocycles. The minimum atomic E-state index is 0.309. The molecule has 0 bridgehead atoms. The molecular formula is C20H24N6. The third-order valence-corrected chi connectivity index (χ3v) is 4.10. The summed E-state index contributed by atoms with van der Waals surface area (Å²) in [5.41, 5.74) is 2.94. The second-order valence-electron chi connectivity index (χ2n) is 6.15. The van der Waals surface area contributed by atoms with Gasteiger partial charge >= 0.3 is 0 Å². The molecule has 6 heteroatoms. The van der Waals surface area contributed by atoms with Crippen molar-refractivity contribution in [1.82, 2.24) is 19.9 Å². The van der Waals surface area contributed by atoms with Gasteiger partial charge in [-0.25, -0.2) is 4.98 Å². The lowest BCUT2D eigenvalue weighted by Crippen LogP contribution is -2.17. The van der Waals surface area contributed by atoms with Gasteiger partial charge in [0.25, 0.3) is 0 Å². The molecule has 3 aromatic rings. The highest BCUT2D eigenvalue weighted by molar-refractivity contribution is 5.63. The summed E-state index contributed by atoms with van der Waals surface area (Å²) in [7, 11) is 0. The van der Waals surface area contributed by atoms with Crippen LogP contribution in [-0.4, -0.2) is 32.5 Å². The summed E-state index contributed by atoms with van der Waals surface area (Å²) in [5, 5.41) is 6.75. The number of nitrogens with one attached hydrogen (secondary N) is 2. The lowest BCUT2D eigenvalue weighted by molar-refractivity contribution is 0.753. The number of pyridine rings is 2. The first-order valence-electron chi connectivity index (χ1n) is 8.94. The first kappa shape index (κ1) is 17.8. The number of hydrogen-bond acceptors (Lipinski definition) is 6. The van der Waals surface area contributed by atoms with Crippen LogP contribution < -0.4 is 10.6 Å². The van der Waals surface area contributed by atoms with Gasteiger partial charge < -0.3 is 10.6 Å². The Morgan fingerprint density at radius 1 is 1.04 bits per heavy atom. The molecule has 0 aliphatic rings. The number of aromatic nitrogens is 4. The molecule has 3 rings (SSSR count). The molecule has 1 atom stereocenters. The Labute approximate surface area is 154 Å². The van der Waals surface area contributed by atoms with Crippen LogP contribution in [0.3, 0.4) is 0 Å². The van der Waals surface area contributed by atoms with Gasteiger partial charge in [0.1, 0.15) is 5.82 Å². The summed E-state index contributed by atoms with van der Waals surface area (Å²) >= 11 is 0. The summed E-state index contributed by atoms with van der Waals surface area (Å²) in [6, 6.07) is 12.1. The van der Waals surface area contributed by atoms with Crippen molar-refractivity contribution in [2.45, 2.75) is 32.7 Å². The summed E-state index contributed by atoms with van der Waals surface area (Å²) in [6.45, 7) is 5.01. The minimum absolute atomic E-state index is 0.309. The van der Waals surface area contributed by atoms with E-state index in [2.05, 4.69) is 44.4 Å². The molecule has 0 radical (unpaired) electrons. The highest BCUT2D eigenvalue weighted by atomic mass is 15.2. The van der Waals surface area contributed by atoms with E-state index >= 15 is 0 Å². The quantitative estimate of drug-likeness (QED) is 0.645. The van der Waals surface area contributed by atoms with Gasteiger partial charge in [0.15, 0.2) is 0 Å². The zero-order valence-corrected chi connectivity index (χ0v) is 15.2. The Bertz CT molecular complexity index is 807. The summed E-state index contributed by atoms with van der Waals surface area (Å²) in [4.78, 5) is 17.7. The van der Waals surface area contributed by atoms with Crippen molar-refractivity contribution in [2.24, 2.45) is 0 Å². The number of nitrogens with zero attached hydrogens (tertiary/aromatic N) is 4. The molecule has 0 saturated carbocycles. The van der Waals surface area contributed by atoms with E-state index < -0.39 is 0 Å². The standard InChI is InChI=1S/C20H24N6/c1-3-15(2)24-20-25-18(16-7-11-21-12-8-16)14-19(26-20)23-13-9-17-6-4-5-10-22-17/h4-8,10-12,14-15H,3,9,13H2,1-2H3,(H2,23,24,25,26)/t15-/m1/s1. The van der Waals surface area contributed by atoms with E-state index in [1.807, 2.05) is 42.6 Å². The number of hydrogen-bond donors (Lipinski definition) is 2. The van der Waals surface area contributed by atoms with E-state index in [9.17, 15) is 0 Å². The van der Waals surface area contributed by atoms with Crippen molar-refractivity contribution in [3.05, 3.63) is 60.7 Å². The van der Waals surface area contributed by atoms with Gasteiger partial charge in [0.05, 0.1) is 5.69 Å². The lowest BCUT2D eigenvalue weighted by atomic mass is 10.2. The fourth-order valence-electron chi connectivity index (χ4n) is 2.46. The number of anilines is 2. The zero-order chi connectivity index (χ0) is 18.2.